The van der Waals surface area contributed by atoms with E-state index in [0.29, 0.717) is 0 Å². The highest BCUT2D eigenvalue weighted by molar-refractivity contribution is 6.31. The highest BCUT2D eigenvalue weighted by atomic mass is 35.5. The molecule has 2 rings (SSSR count). The number of halogens is 1. The highest BCUT2D eigenvalue weighted by Crippen LogP contribution is 2.33. The lowest BCUT2D eigenvalue weighted by molar-refractivity contribution is 0.199. The van der Waals surface area contributed by atoms with E-state index in [1.165, 1.54) is 0 Å². The minimum Gasteiger partial charge on any atom is -0.389 e. The fourth-order valence-electron chi connectivity index (χ4n) is 2.39. The second kappa shape index (κ2) is 6.29. The third-order valence-corrected chi connectivity index (χ3v) is 4.05. The van der Waals surface area contributed by atoms with Gasteiger partial charge in [0.25, 0.3) is 0 Å². The summed E-state index contributed by atoms with van der Waals surface area (Å²) < 4.78 is 0. The Bertz CT molecular complexity index is 583. The maximum Gasteiger partial charge on any atom is 0.0781 e. The molecule has 0 aromatic heterocycles. The standard InChI is InChI=1S/C17H20ClNO/c1-12(14-8-4-6-10-16(14)18)19(3)17-11-7-5-9-15(17)13(2)20/h4-13,20H,1-3H3. The number of nitrogens with zero attached hydrogens (tertiary/aromatic N) is 1. The second-order valence-corrected chi connectivity index (χ2v) is 5.45. The largest absolute Gasteiger partial charge is 0.389 e. The van der Waals surface area contributed by atoms with Gasteiger partial charge in [-0.3, -0.25) is 0 Å². The highest BCUT2D eigenvalue weighted by Gasteiger charge is 2.18. The van der Waals surface area contributed by atoms with Gasteiger partial charge in [0.05, 0.1) is 12.1 Å². The summed E-state index contributed by atoms with van der Waals surface area (Å²) in [6.45, 7) is 3.90. The minimum absolute atomic E-state index is 0.128. The Kier molecular flexibility index (Phi) is 4.69. The average Bonchev–Trinajstić information content (AvgIpc) is 2.46. The van der Waals surface area contributed by atoms with Crippen LogP contribution >= 0.6 is 11.6 Å². The van der Waals surface area contributed by atoms with E-state index in [1.54, 1.807) is 6.92 Å². The zero-order valence-corrected chi connectivity index (χ0v) is 12.8. The van der Waals surface area contributed by atoms with Crippen molar-refractivity contribution in [1.82, 2.24) is 0 Å². The topological polar surface area (TPSA) is 23.5 Å². The molecule has 0 radical (unpaired) electrons. The van der Waals surface area contributed by atoms with E-state index in [1.807, 2.05) is 55.6 Å². The van der Waals surface area contributed by atoms with Crippen LogP contribution in [0.3, 0.4) is 0 Å². The molecule has 2 atom stereocenters. The Labute approximate surface area is 125 Å². The van der Waals surface area contributed by atoms with Crippen molar-refractivity contribution in [3.63, 3.8) is 0 Å². The molecule has 0 aliphatic heterocycles. The summed E-state index contributed by atoms with van der Waals surface area (Å²) in [5.74, 6) is 0. The summed E-state index contributed by atoms with van der Waals surface area (Å²) in [5, 5.41) is 10.7. The van der Waals surface area contributed by atoms with Crippen LogP contribution in [0.15, 0.2) is 48.5 Å². The van der Waals surface area contributed by atoms with Crippen molar-refractivity contribution >= 4 is 17.3 Å². The molecule has 0 saturated heterocycles. The van der Waals surface area contributed by atoms with E-state index in [-0.39, 0.29) is 6.04 Å². The second-order valence-electron chi connectivity index (χ2n) is 5.04. The first-order valence-electron chi connectivity index (χ1n) is 6.76. The zero-order chi connectivity index (χ0) is 14.7. The van der Waals surface area contributed by atoms with Gasteiger partial charge in [-0.05, 0) is 31.5 Å². The normalized spacial score (nSPS) is 13.8. The van der Waals surface area contributed by atoms with Crippen molar-refractivity contribution in [2.75, 3.05) is 11.9 Å². The van der Waals surface area contributed by atoms with Gasteiger partial charge in [0.15, 0.2) is 0 Å². The van der Waals surface area contributed by atoms with Crippen LogP contribution in [0.5, 0.6) is 0 Å². The summed E-state index contributed by atoms with van der Waals surface area (Å²) >= 11 is 6.28. The Balaban J connectivity index is 2.37. The smallest absolute Gasteiger partial charge is 0.0781 e. The molecule has 3 heteroatoms. The monoisotopic (exact) mass is 289 g/mol. The summed E-state index contributed by atoms with van der Waals surface area (Å²) in [6, 6.07) is 15.9. The quantitative estimate of drug-likeness (QED) is 0.890. The molecule has 0 saturated carbocycles. The van der Waals surface area contributed by atoms with Crippen LogP contribution in [0.1, 0.15) is 37.1 Å². The summed E-state index contributed by atoms with van der Waals surface area (Å²) in [4.78, 5) is 2.14. The van der Waals surface area contributed by atoms with E-state index >= 15 is 0 Å². The molecule has 20 heavy (non-hydrogen) atoms. The molecule has 0 amide bonds. The first-order chi connectivity index (χ1) is 9.52. The number of anilines is 1. The molecular weight excluding hydrogens is 270 g/mol. The van der Waals surface area contributed by atoms with Gasteiger partial charge in [0.2, 0.25) is 0 Å². The Morgan fingerprint density at radius 1 is 0.950 bits per heavy atom. The summed E-state index contributed by atoms with van der Waals surface area (Å²) in [5.41, 5.74) is 3.03. The number of hydrogen-bond acceptors (Lipinski definition) is 2. The number of aliphatic hydroxyl groups excluding tert-OH is 1. The third-order valence-electron chi connectivity index (χ3n) is 3.70. The van der Waals surface area contributed by atoms with Gasteiger partial charge in [-0.15, -0.1) is 0 Å². The average molecular weight is 290 g/mol. The van der Waals surface area contributed by atoms with Crippen molar-refractivity contribution in [1.29, 1.82) is 0 Å². The predicted molar refractivity (Wildman–Crippen MR) is 85.3 cm³/mol. The zero-order valence-electron chi connectivity index (χ0n) is 12.0. The van der Waals surface area contributed by atoms with Crippen molar-refractivity contribution in [2.45, 2.75) is 26.0 Å². The van der Waals surface area contributed by atoms with E-state index < -0.39 is 6.10 Å². The molecule has 2 aromatic rings. The summed E-state index contributed by atoms with van der Waals surface area (Å²) in [7, 11) is 2.02. The van der Waals surface area contributed by atoms with Crippen LogP contribution in [0.2, 0.25) is 5.02 Å². The van der Waals surface area contributed by atoms with Gasteiger partial charge >= 0.3 is 0 Å². The van der Waals surface area contributed by atoms with Crippen LogP contribution in [0, 0.1) is 0 Å². The Morgan fingerprint density at radius 2 is 1.50 bits per heavy atom. The molecule has 0 spiro atoms. The maximum absolute atomic E-state index is 9.91. The maximum atomic E-state index is 9.91. The molecule has 1 N–H and O–H groups in total. The predicted octanol–water partition coefficient (Wildman–Crippen LogP) is 4.59. The molecule has 0 aliphatic carbocycles. The Morgan fingerprint density at radius 3 is 2.10 bits per heavy atom. The number of rotatable bonds is 4. The van der Waals surface area contributed by atoms with Crippen LogP contribution < -0.4 is 4.90 Å². The minimum atomic E-state index is -0.493. The van der Waals surface area contributed by atoms with Crippen LogP contribution in [0.25, 0.3) is 0 Å². The van der Waals surface area contributed by atoms with Crippen molar-refractivity contribution in [3.05, 3.63) is 64.7 Å². The fraction of sp³-hybridized carbons (Fsp3) is 0.294. The van der Waals surface area contributed by atoms with Gasteiger partial charge in [0.1, 0.15) is 0 Å². The van der Waals surface area contributed by atoms with Gasteiger partial charge < -0.3 is 10.0 Å². The molecule has 2 unspecified atom stereocenters. The Hall–Kier alpha value is -1.51. The van der Waals surface area contributed by atoms with Crippen molar-refractivity contribution in [3.8, 4) is 0 Å². The molecule has 0 fully saturated rings. The number of aliphatic hydroxyl groups is 1. The molecule has 2 nitrogen and oxygen atoms in total. The lowest BCUT2D eigenvalue weighted by Gasteiger charge is -2.30. The summed E-state index contributed by atoms with van der Waals surface area (Å²) in [6.07, 6.45) is -0.493. The molecule has 0 heterocycles. The molecule has 2 aromatic carbocycles. The van der Waals surface area contributed by atoms with E-state index in [4.69, 9.17) is 11.6 Å². The molecule has 106 valence electrons. The first kappa shape index (κ1) is 14.9. The van der Waals surface area contributed by atoms with Crippen LogP contribution in [-0.4, -0.2) is 12.2 Å². The SMILES string of the molecule is CC(O)c1ccccc1N(C)C(C)c1ccccc1Cl. The van der Waals surface area contributed by atoms with Crippen LogP contribution in [-0.2, 0) is 0 Å². The van der Waals surface area contributed by atoms with Crippen LogP contribution in [0.4, 0.5) is 5.69 Å². The number of benzene rings is 2. The molecular formula is C17H20ClNO. The van der Waals surface area contributed by atoms with Gasteiger partial charge in [-0.1, -0.05) is 48.0 Å². The molecule has 0 aliphatic rings. The van der Waals surface area contributed by atoms with Gasteiger partial charge in [-0.2, -0.15) is 0 Å². The van der Waals surface area contributed by atoms with E-state index in [9.17, 15) is 5.11 Å². The number of hydrogen-bond donors (Lipinski definition) is 1. The third kappa shape index (κ3) is 2.97. The first-order valence-corrected chi connectivity index (χ1v) is 7.14. The lowest BCUT2D eigenvalue weighted by atomic mass is 10.0. The van der Waals surface area contributed by atoms with Gasteiger partial charge in [0, 0.05) is 23.3 Å². The van der Waals surface area contributed by atoms with Crippen molar-refractivity contribution in [2.24, 2.45) is 0 Å². The number of para-hydroxylation sites is 1. The van der Waals surface area contributed by atoms with Gasteiger partial charge in [-0.25, -0.2) is 0 Å². The van der Waals surface area contributed by atoms with Crippen molar-refractivity contribution < 1.29 is 5.11 Å². The van der Waals surface area contributed by atoms with E-state index in [0.717, 1.165) is 21.8 Å². The molecule has 0 bridgehead atoms. The van der Waals surface area contributed by atoms with E-state index in [2.05, 4.69) is 11.8 Å². The fourth-order valence-corrected chi connectivity index (χ4v) is 2.69. The lowest BCUT2D eigenvalue weighted by Crippen LogP contribution is -2.23.